The molecule has 0 spiro atoms. The summed E-state index contributed by atoms with van der Waals surface area (Å²) in [6.45, 7) is 9.08. The number of anilines is 1. The third-order valence-electron chi connectivity index (χ3n) is 3.51. The first-order chi connectivity index (χ1) is 8.53. The number of nitrogens with zero attached hydrogens (tertiary/aromatic N) is 1. The van der Waals surface area contributed by atoms with Gasteiger partial charge < -0.3 is 4.90 Å². The van der Waals surface area contributed by atoms with Crippen molar-refractivity contribution in [2.24, 2.45) is 5.41 Å². The van der Waals surface area contributed by atoms with Crippen LogP contribution in [0.1, 0.15) is 47.0 Å². The molecule has 2 nitrogen and oxygen atoms in total. The second kappa shape index (κ2) is 6.58. The van der Waals surface area contributed by atoms with Crippen LogP contribution in [0.2, 0.25) is 0 Å². The minimum Gasteiger partial charge on any atom is -0.312 e. The summed E-state index contributed by atoms with van der Waals surface area (Å²) in [6.07, 6.45) is 3.00. The topological polar surface area (TPSA) is 20.3 Å². The molecule has 1 rings (SSSR count). The molecule has 0 aliphatic heterocycles. The lowest BCUT2D eigenvalue weighted by Crippen LogP contribution is -2.41. The maximum absolute atomic E-state index is 12.6. The highest BCUT2D eigenvalue weighted by atomic mass is 16.2. The fraction of sp³-hybridized carbons (Fsp3) is 0.562. The highest BCUT2D eigenvalue weighted by Crippen LogP contribution is 2.26. The van der Waals surface area contributed by atoms with Gasteiger partial charge in [-0.25, -0.2) is 0 Å². The van der Waals surface area contributed by atoms with Gasteiger partial charge in [-0.15, -0.1) is 0 Å². The van der Waals surface area contributed by atoms with Gasteiger partial charge in [0.15, 0.2) is 0 Å². The Morgan fingerprint density at radius 2 is 1.78 bits per heavy atom. The lowest BCUT2D eigenvalue weighted by molar-refractivity contribution is -0.126. The Bertz CT molecular complexity index is 370. The van der Waals surface area contributed by atoms with Gasteiger partial charge in [-0.1, -0.05) is 52.3 Å². The molecule has 0 aromatic heterocycles. The van der Waals surface area contributed by atoms with Gasteiger partial charge in [0.25, 0.3) is 0 Å². The Kier molecular flexibility index (Phi) is 5.39. The standard InChI is InChI=1S/C16H25NO/c1-5-7-13-17(14-11-9-8-10-12-14)15(18)16(3,4)6-2/h8-12H,5-7,13H2,1-4H3. The zero-order valence-corrected chi connectivity index (χ0v) is 12.1. The first-order valence-electron chi connectivity index (χ1n) is 6.90. The molecule has 18 heavy (non-hydrogen) atoms. The van der Waals surface area contributed by atoms with E-state index in [0.717, 1.165) is 31.5 Å². The molecule has 1 aromatic carbocycles. The van der Waals surface area contributed by atoms with Crippen LogP contribution in [0.25, 0.3) is 0 Å². The van der Waals surface area contributed by atoms with Crippen LogP contribution in [0.15, 0.2) is 30.3 Å². The second-order valence-corrected chi connectivity index (χ2v) is 5.38. The van der Waals surface area contributed by atoms with Gasteiger partial charge in [-0.2, -0.15) is 0 Å². The number of carbonyl (C=O) groups excluding carboxylic acids is 1. The number of hydrogen-bond acceptors (Lipinski definition) is 1. The minimum absolute atomic E-state index is 0.227. The lowest BCUT2D eigenvalue weighted by Gasteiger charge is -2.31. The molecule has 1 amide bonds. The lowest BCUT2D eigenvalue weighted by atomic mass is 9.88. The Hall–Kier alpha value is -1.31. The third kappa shape index (κ3) is 3.59. The Balaban J connectivity index is 2.95. The fourth-order valence-electron chi connectivity index (χ4n) is 1.79. The summed E-state index contributed by atoms with van der Waals surface area (Å²) < 4.78 is 0. The average molecular weight is 247 g/mol. The SMILES string of the molecule is CCCCN(C(=O)C(C)(C)CC)c1ccccc1. The number of para-hydroxylation sites is 1. The molecule has 1 aromatic rings. The summed E-state index contributed by atoms with van der Waals surface area (Å²) in [5, 5.41) is 0. The van der Waals surface area contributed by atoms with Gasteiger partial charge in [-0.3, -0.25) is 4.79 Å². The molecule has 0 aliphatic carbocycles. The van der Waals surface area contributed by atoms with Gasteiger partial charge in [0, 0.05) is 17.6 Å². The number of rotatable bonds is 6. The molecular weight excluding hydrogens is 222 g/mol. The van der Waals surface area contributed by atoms with Crippen molar-refractivity contribution in [3.05, 3.63) is 30.3 Å². The second-order valence-electron chi connectivity index (χ2n) is 5.38. The summed E-state index contributed by atoms with van der Waals surface area (Å²) in [7, 11) is 0. The molecule has 0 heterocycles. The molecule has 0 N–H and O–H groups in total. The largest absolute Gasteiger partial charge is 0.312 e. The van der Waals surface area contributed by atoms with Crippen LogP contribution < -0.4 is 4.90 Å². The van der Waals surface area contributed by atoms with Gasteiger partial charge in [0.05, 0.1) is 0 Å². The van der Waals surface area contributed by atoms with E-state index in [1.54, 1.807) is 0 Å². The van der Waals surface area contributed by atoms with Crippen molar-refractivity contribution in [2.75, 3.05) is 11.4 Å². The van der Waals surface area contributed by atoms with E-state index >= 15 is 0 Å². The third-order valence-corrected chi connectivity index (χ3v) is 3.51. The highest BCUT2D eigenvalue weighted by Gasteiger charge is 2.30. The first-order valence-corrected chi connectivity index (χ1v) is 6.90. The van der Waals surface area contributed by atoms with Crippen LogP contribution >= 0.6 is 0 Å². The van der Waals surface area contributed by atoms with Crippen molar-refractivity contribution in [3.8, 4) is 0 Å². The van der Waals surface area contributed by atoms with E-state index in [4.69, 9.17) is 0 Å². The van der Waals surface area contributed by atoms with E-state index in [2.05, 4.69) is 13.8 Å². The van der Waals surface area contributed by atoms with E-state index in [1.807, 2.05) is 49.1 Å². The van der Waals surface area contributed by atoms with E-state index in [0.29, 0.717) is 0 Å². The molecule has 0 saturated carbocycles. The zero-order valence-electron chi connectivity index (χ0n) is 12.1. The van der Waals surface area contributed by atoms with Gasteiger partial charge in [0.2, 0.25) is 5.91 Å². The summed E-state index contributed by atoms with van der Waals surface area (Å²) >= 11 is 0. The maximum atomic E-state index is 12.6. The Morgan fingerprint density at radius 1 is 1.17 bits per heavy atom. The Morgan fingerprint density at radius 3 is 2.28 bits per heavy atom. The Labute approximate surface area is 111 Å². The predicted molar refractivity (Wildman–Crippen MR) is 77.8 cm³/mol. The molecule has 0 atom stereocenters. The van der Waals surface area contributed by atoms with E-state index < -0.39 is 0 Å². The van der Waals surface area contributed by atoms with Crippen LogP contribution in [0.3, 0.4) is 0 Å². The average Bonchev–Trinajstić information content (AvgIpc) is 2.40. The van der Waals surface area contributed by atoms with Crippen molar-refractivity contribution < 1.29 is 4.79 Å². The molecule has 100 valence electrons. The van der Waals surface area contributed by atoms with E-state index in [1.165, 1.54) is 0 Å². The molecule has 0 fully saturated rings. The van der Waals surface area contributed by atoms with Crippen molar-refractivity contribution in [2.45, 2.75) is 47.0 Å². The summed E-state index contributed by atoms with van der Waals surface area (Å²) in [5.41, 5.74) is 0.723. The van der Waals surface area contributed by atoms with E-state index in [-0.39, 0.29) is 11.3 Å². The van der Waals surface area contributed by atoms with Crippen LogP contribution in [-0.2, 0) is 4.79 Å². The predicted octanol–water partition coefficient (Wildman–Crippen LogP) is 4.26. The summed E-state index contributed by atoms with van der Waals surface area (Å²) in [6, 6.07) is 9.98. The molecular formula is C16H25NO. The van der Waals surface area contributed by atoms with Crippen molar-refractivity contribution in [1.29, 1.82) is 0 Å². The number of amides is 1. The number of benzene rings is 1. The number of carbonyl (C=O) groups is 1. The zero-order chi connectivity index (χ0) is 13.6. The van der Waals surface area contributed by atoms with Crippen molar-refractivity contribution in [1.82, 2.24) is 0 Å². The number of hydrogen-bond donors (Lipinski definition) is 0. The van der Waals surface area contributed by atoms with Crippen LogP contribution in [-0.4, -0.2) is 12.5 Å². The van der Waals surface area contributed by atoms with Crippen LogP contribution in [0.4, 0.5) is 5.69 Å². The fourth-order valence-corrected chi connectivity index (χ4v) is 1.79. The van der Waals surface area contributed by atoms with Crippen molar-refractivity contribution in [3.63, 3.8) is 0 Å². The number of unbranched alkanes of at least 4 members (excludes halogenated alkanes) is 1. The molecule has 0 saturated heterocycles. The van der Waals surface area contributed by atoms with Gasteiger partial charge >= 0.3 is 0 Å². The smallest absolute Gasteiger partial charge is 0.232 e. The monoisotopic (exact) mass is 247 g/mol. The van der Waals surface area contributed by atoms with Crippen LogP contribution in [0.5, 0.6) is 0 Å². The van der Waals surface area contributed by atoms with Gasteiger partial charge in [0.1, 0.15) is 0 Å². The van der Waals surface area contributed by atoms with Gasteiger partial charge in [-0.05, 0) is 25.0 Å². The summed E-state index contributed by atoms with van der Waals surface area (Å²) in [4.78, 5) is 14.6. The molecule has 0 bridgehead atoms. The minimum atomic E-state index is -0.288. The van der Waals surface area contributed by atoms with E-state index in [9.17, 15) is 4.79 Å². The van der Waals surface area contributed by atoms with Crippen LogP contribution in [0, 0.1) is 5.41 Å². The maximum Gasteiger partial charge on any atom is 0.232 e. The molecule has 2 heteroatoms. The normalized spacial score (nSPS) is 11.3. The summed E-state index contributed by atoms with van der Waals surface area (Å²) in [5.74, 6) is 0.227. The quantitative estimate of drug-likeness (QED) is 0.735. The first kappa shape index (κ1) is 14.7. The molecule has 0 radical (unpaired) electrons. The molecule has 0 aliphatic rings. The van der Waals surface area contributed by atoms with Crippen molar-refractivity contribution >= 4 is 11.6 Å². The molecule has 0 unspecified atom stereocenters. The highest BCUT2D eigenvalue weighted by molar-refractivity contribution is 5.97.